The van der Waals surface area contributed by atoms with Crippen LogP contribution < -0.4 is 0 Å². The summed E-state index contributed by atoms with van der Waals surface area (Å²) in [5.74, 6) is 0.599. The molecule has 1 N–H and O–H groups in total. The average molecular weight is 185 g/mol. The van der Waals surface area contributed by atoms with Crippen LogP contribution in [0.1, 0.15) is 33.6 Å². The molecule has 0 amide bonds. The molecule has 2 nitrogen and oxygen atoms in total. The fraction of sp³-hybridized carbons (Fsp3) is 1.00. The van der Waals surface area contributed by atoms with Gasteiger partial charge in [0.15, 0.2) is 0 Å². The molecule has 1 rings (SSSR count). The minimum Gasteiger partial charge on any atom is -0.392 e. The van der Waals surface area contributed by atoms with Crippen molar-refractivity contribution >= 4 is 0 Å². The quantitative estimate of drug-likeness (QED) is 0.721. The van der Waals surface area contributed by atoms with Gasteiger partial charge in [0.05, 0.1) is 6.10 Å². The van der Waals surface area contributed by atoms with Gasteiger partial charge in [-0.3, -0.25) is 0 Å². The zero-order valence-corrected chi connectivity index (χ0v) is 9.38. The minimum atomic E-state index is -0.0904. The van der Waals surface area contributed by atoms with Crippen molar-refractivity contribution in [2.75, 3.05) is 20.1 Å². The highest BCUT2D eigenvalue weighted by molar-refractivity contribution is 4.83. The van der Waals surface area contributed by atoms with Gasteiger partial charge >= 0.3 is 0 Å². The number of aliphatic hydroxyl groups is 1. The number of hydrogen-bond acceptors (Lipinski definition) is 2. The maximum Gasteiger partial charge on any atom is 0.0695 e. The highest BCUT2D eigenvalue weighted by atomic mass is 16.3. The molecular weight excluding hydrogens is 162 g/mol. The predicted octanol–water partition coefficient (Wildman–Crippen LogP) is 1.74. The normalized spacial score (nSPS) is 20.8. The lowest BCUT2D eigenvalue weighted by Gasteiger charge is -2.28. The number of nitrogens with zero attached hydrogens (tertiary/aromatic N) is 1. The van der Waals surface area contributed by atoms with Gasteiger partial charge in [0.2, 0.25) is 0 Å². The van der Waals surface area contributed by atoms with Crippen LogP contribution in [0.4, 0.5) is 0 Å². The summed E-state index contributed by atoms with van der Waals surface area (Å²) in [6, 6.07) is 0. The first kappa shape index (κ1) is 11.0. The minimum absolute atomic E-state index is 0.0904. The van der Waals surface area contributed by atoms with E-state index >= 15 is 0 Å². The Kier molecular flexibility index (Phi) is 3.36. The third kappa shape index (κ3) is 4.63. The van der Waals surface area contributed by atoms with Crippen molar-refractivity contribution in [2.24, 2.45) is 11.3 Å². The topological polar surface area (TPSA) is 23.5 Å². The Labute approximate surface area is 81.9 Å². The van der Waals surface area contributed by atoms with E-state index in [0.717, 1.165) is 13.1 Å². The van der Waals surface area contributed by atoms with E-state index in [1.807, 2.05) is 0 Å². The van der Waals surface area contributed by atoms with Crippen LogP contribution in [0, 0.1) is 11.3 Å². The Bertz CT molecular complexity index is 158. The van der Waals surface area contributed by atoms with Crippen LogP contribution in [0.5, 0.6) is 0 Å². The van der Waals surface area contributed by atoms with Crippen molar-refractivity contribution in [3.05, 3.63) is 0 Å². The maximum absolute atomic E-state index is 9.71. The van der Waals surface area contributed by atoms with E-state index in [2.05, 4.69) is 32.7 Å². The van der Waals surface area contributed by atoms with Gasteiger partial charge in [0, 0.05) is 13.1 Å². The van der Waals surface area contributed by atoms with Crippen LogP contribution in [0.25, 0.3) is 0 Å². The van der Waals surface area contributed by atoms with Crippen LogP contribution in [0.15, 0.2) is 0 Å². The van der Waals surface area contributed by atoms with Crippen molar-refractivity contribution in [1.29, 1.82) is 0 Å². The molecule has 1 aliphatic carbocycles. The molecular formula is C11H23NO. The number of rotatable bonds is 4. The lowest BCUT2D eigenvalue weighted by atomic mass is 9.96. The summed E-state index contributed by atoms with van der Waals surface area (Å²) in [7, 11) is 2.09. The van der Waals surface area contributed by atoms with Gasteiger partial charge in [-0.2, -0.15) is 0 Å². The van der Waals surface area contributed by atoms with Crippen LogP contribution in [-0.4, -0.2) is 36.2 Å². The first-order valence-electron chi connectivity index (χ1n) is 5.25. The number of aliphatic hydroxyl groups excluding tert-OH is 1. The monoisotopic (exact) mass is 185 g/mol. The summed E-state index contributed by atoms with van der Waals surface area (Å²) in [5, 5.41) is 9.71. The Morgan fingerprint density at radius 1 is 1.38 bits per heavy atom. The molecule has 0 aromatic rings. The van der Waals surface area contributed by atoms with E-state index in [9.17, 15) is 5.11 Å². The Morgan fingerprint density at radius 3 is 2.31 bits per heavy atom. The van der Waals surface area contributed by atoms with Crippen LogP contribution in [-0.2, 0) is 0 Å². The molecule has 78 valence electrons. The van der Waals surface area contributed by atoms with Gasteiger partial charge in [-0.05, 0) is 31.2 Å². The van der Waals surface area contributed by atoms with E-state index in [4.69, 9.17) is 0 Å². The SMILES string of the molecule is CN(CC(O)C1CC1)CC(C)(C)C. The molecule has 1 unspecified atom stereocenters. The third-order valence-electron chi connectivity index (χ3n) is 2.41. The Balaban J connectivity index is 2.19. The molecule has 0 radical (unpaired) electrons. The molecule has 0 aromatic heterocycles. The summed E-state index contributed by atoms with van der Waals surface area (Å²) in [6.07, 6.45) is 2.36. The summed E-state index contributed by atoms with van der Waals surface area (Å²) in [5.41, 5.74) is 0.331. The van der Waals surface area contributed by atoms with Crippen molar-refractivity contribution in [1.82, 2.24) is 4.90 Å². The molecule has 0 saturated heterocycles. The van der Waals surface area contributed by atoms with Crippen LogP contribution >= 0.6 is 0 Å². The van der Waals surface area contributed by atoms with Gasteiger partial charge in [-0.25, -0.2) is 0 Å². The molecule has 0 aliphatic heterocycles. The highest BCUT2D eigenvalue weighted by Gasteiger charge is 2.30. The molecule has 1 aliphatic rings. The summed E-state index contributed by atoms with van der Waals surface area (Å²) in [4.78, 5) is 2.24. The summed E-state index contributed by atoms with van der Waals surface area (Å²) in [6.45, 7) is 8.58. The molecule has 1 atom stereocenters. The molecule has 13 heavy (non-hydrogen) atoms. The van der Waals surface area contributed by atoms with Gasteiger partial charge in [-0.1, -0.05) is 20.8 Å². The van der Waals surface area contributed by atoms with E-state index in [1.54, 1.807) is 0 Å². The molecule has 0 aromatic carbocycles. The number of hydrogen-bond donors (Lipinski definition) is 1. The van der Waals surface area contributed by atoms with Gasteiger partial charge in [0.25, 0.3) is 0 Å². The van der Waals surface area contributed by atoms with Crippen molar-refractivity contribution < 1.29 is 5.11 Å². The average Bonchev–Trinajstić information content (AvgIpc) is 2.60. The standard InChI is InChI=1S/C11H23NO/c1-11(2,3)8-12(4)7-10(13)9-5-6-9/h9-10,13H,5-8H2,1-4H3. The summed E-state index contributed by atoms with van der Waals surface area (Å²) >= 11 is 0. The Morgan fingerprint density at radius 2 is 1.92 bits per heavy atom. The van der Waals surface area contributed by atoms with Crippen LogP contribution in [0.2, 0.25) is 0 Å². The van der Waals surface area contributed by atoms with Crippen LogP contribution in [0.3, 0.4) is 0 Å². The smallest absolute Gasteiger partial charge is 0.0695 e. The van der Waals surface area contributed by atoms with Gasteiger partial charge in [0.1, 0.15) is 0 Å². The first-order chi connectivity index (χ1) is 5.88. The molecule has 0 spiro atoms. The van der Waals surface area contributed by atoms with Crippen molar-refractivity contribution in [3.63, 3.8) is 0 Å². The fourth-order valence-electron chi connectivity index (χ4n) is 1.82. The number of likely N-dealkylation sites (N-methyl/N-ethyl adjacent to an activating group) is 1. The second-order valence-corrected chi connectivity index (χ2v) is 5.66. The van der Waals surface area contributed by atoms with Gasteiger partial charge < -0.3 is 10.0 Å². The van der Waals surface area contributed by atoms with E-state index in [1.165, 1.54) is 12.8 Å². The van der Waals surface area contributed by atoms with Crippen molar-refractivity contribution in [2.45, 2.75) is 39.7 Å². The molecule has 0 bridgehead atoms. The first-order valence-corrected chi connectivity index (χ1v) is 5.25. The summed E-state index contributed by atoms with van der Waals surface area (Å²) < 4.78 is 0. The van der Waals surface area contributed by atoms with Crippen molar-refractivity contribution in [3.8, 4) is 0 Å². The van der Waals surface area contributed by atoms with E-state index < -0.39 is 0 Å². The maximum atomic E-state index is 9.71. The highest BCUT2D eigenvalue weighted by Crippen LogP contribution is 2.32. The second-order valence-electron chi connectivity index (χ2n) is 5.66. The zero-order chi connectivity index (χ0) is 10.1. The molecule has 1 fully saturated rings. The molecule has 2 heteroatoms. The molecule has 1 saturated carbocycles. The second kappa shape index (κ2) is 3.97. The van der Waals surface area contributed by atoms with E-state index in [-0.39, 0.29) is 6.10 Å². The lowest BCUT2D eigenvalue weighted by Crippen LogP contribution is -2.36. The third-order valence-corrected chi connectivity index (χ3v) is 2.41. The van der Waals surface area contributed by atoms with E-state index in [0.29, 0.717) is 11.3 Å². The zero-order valence-electron chi connectivity index (χ0n) is 9.38. The molecule has 0 heterocycles. The largest absolute Gasteiger partial charge is 0.392 e. The predicted molar refractivity (Wildman–Crippen MR) is 55.7 cm³/mol. The fourth-order valence-corrected chi connectivity index (χ4v) is 1.82. The Hall–Kier alpha value is -0.0800. The lowest BCUT2D eigenvalue weighted by molar-refractivity contribution is 0.0919. The van der Waals surface area contributed by atoms with Gasteiger partial charge in [-0.15, -0.1) is 0 Å².